The molecule has 0 saturated heterocycles. The minimum Gasteiger partial charge on any atom is -0.507 e. The monoisotopic (exact) mass is 410 g/mol. The van der Waals surface area contributed by atoms with Crippen LogP contribution in [0.15, 0.2) is 30.3 Å². The number of rotatable bonds is 10. The second-order valence-electron chi connectivity index (χ2n) is 8.25. The number of aromatic hydroxyl groups is 1. The molecule has 0 aliphatic heterocycles. The highest BCUT2D eigenvalue weighted by Crippen LogP contribution is 2.32. The molecule has 1 aliphatic carbocycles. The van der Waals surface area contributed by atoms with E-state index >= 15 is 0 Å². The zero-order valence-corrected chi connectivity index (χ0v) is 18.0. The summed E-state index contributed by atoms with van der Waals surface area (Å²) in [4.78, 5) is 23.9. The zero-order chi connectivity index (χ0) is 21.7. The standard InChI is InChI=1S/C25H30O5/c1-16(2)14-23(27)21-9-11-24(17(3)25(21)28)30-13-5-4-12-29-19-7-8-20-18(15-19)6-10-22(20)26/h7-9,11,15-16,28H,4-6,10,12-14H2,1-3H3. The first kappa shape index (κ1) is 21.9. The number of phenols is 1. The minimum atomic E-state index is -0.0507. The molecule has 2 aromatic carbocycles. The number of ketones is 2. The van der Waals surface area contributed by atoms with E-state index in [9.17, 15) is 14.7 Å². The molecule has 0 unspecified atom stereocenters. The largest absolute Gasteiger partial charge is 0.507 e. The number of benzene rings is 2. The van der Waals surface area contributed by atoms with Crippen molar-refractivity contribution in [1.29, 1.82) is 0 Å². The number of Topliss-reactive ketones (excluding diaryl/α,β-unsaturated/α-hetero) is 2. The summed E-state index contributed by atoms with van der Waals surface area (Å²) in [5, 5.41) is 10.4. The molecule has 0 heterocycles. The summed E-state index contributed by atoms with van der Waals surface area (Å²) in [5.41, 5.74) is 2.85. The summed E-state index contributed by atoms with van der Waals surface area (Å²) < 4.78 is 11.6. The summed E-state index contributed by atoms with van der Waals surface area (Å²) in [6.07, 6.45) is 3.43. The lowest BCUT2D eigenvalue weighted by atomic mass is 9.98. The van der Waals surface area contributed by atoms with Gasteiger partial charge in [-0.25, -0.2) is 0 Å². The third-order valence-corrected chi connectivity index (χ3v) is 5.34. The van der Waals surface area contributed by atoms with Crippen LogP contribution >= 0.6 is 0 Å². The molecule has 0 aromatic heterocycles. The normalized spacial score (nSPS) is 12.9. The van der Waals surface area contributed by atoms with Gasteiger partial charge in [0.1, 0.15) is 17.2 Å². The van der Waals surface area contributed by atoms with Crippen LogP contribution in [0.1, 0.15) is 71.4 Å². The van der Waals surface area contributed by atoms with Crippen molar-refractivity contribution in [2.45, 2.75) is 52.9 Å². The maximum atomic E-state index is 12.2. The molecule has 0 saturated carbocycles. The molecular weight excluding hydrogens is 380 g/mol. The molecular formula is C25H30O5. The first-order valence-electron chi connectivity index (χ1n) is 10.6. The third-order valence-electron chi connectivity index (χ3n) is 5.34. The fourth-order valence-corrected chi connectivity index (χ4v) is 3.64. The van der Waals surface area contributed by atoms with E-state index in [1.165, 1.54) is 0 Å². The molecule has 5 heteroatoms. The van der Waals surface area contributed by atoms with Crippen LogP contribution < -0.4 is 9.47 Å². The van der Waals surface area contributed by atoms with Gasteiger partial charge in [0.2, 0.25) is 0 Å². The quantitative estimate of drug-likeness (QED) is 0.425. The van der Waals surface area contributed by atoms with Crippen LogP contribution in [0.3, 0.4) is 0 Å². The van der Waals surface area contributed by atoms with Crippen molar-refractivity contribution in [3.8, 4) is 17.2 Å². The first-order chi connectivity index (χ1) is 14.4. The Morgan fingerprint density at radius 3 is 2.53 bits per heavy atom. The predicted octanol–water partition coefficient (Wildman–Crippen LogP) is 5.30. The van der Waals surface area contributed by atoms with Crippen molar-refractivity contribution in [2.75, 3.05) is 13.2 Å². The molecule has 0 amide bonds. The lowest BCUT2D eigenvalue weighted by Gasteiger charge is -2.13. The topological polar surface area (TPSA) is 72.8 Å². The highest BCUT2D eigenvalue weighted by atomic mass is 16.5. The van der Waals surface area contributed by atoms with Crippen molar-refractivity contribution in [1.82, 2.24) is 0 Å². The van der Waals surface area contributed by atoms with E-state index in [0.717, 1.165) is 36.1 Å². The summed E-state index contributed by atoms with van der Waals surface area (Å²) in [6, 6.07) is 9.07. The Bertz CT molecular complexity index is 929. The van der Waals surface area contributed by atoms with Crippen molar-refractivity contribution >= 4 is 11.6 Å². The molecule has 3 rings (SSSR count). The lowest BCUT2D eigenvalue weighted by molar-refractivity contribution is 0.0962. The van der Waals surface area contributed by atoms with Crippen molar-refractivity contribution < 1.29 is 24.2 Å². The van der Waals surface area contributed by atoms with Gasteiger partial charge in [-0.2, -0.15) is 0 Å². The molecule has 0 atom stereocenters. The maximum absolute atomic E-state index is 12.2. The van der Waals surface area contributed by atoms with E-state index in [0.29, 0.717) is 42.9 Å². The SMILES string of the molecule is Cc1c(OCCCCOc2ccc3c(c2)CCC3=O)ccc(C(=O)CC(C)C)c1O. The number of carbonyl (C=O) groups is 2. The van der Waals surface area contributed by atoms with Gasteiger partial charge in [0.05, 0.1) is 18.8 Å². The van der Waals surface area contributed by atoms with Crippen LogP contribution in [0, 0.1) is 12.8 Å². The number of hydrogen-bond donors (Lipinski definition) is 1. The molecule has 0 radical (unpaired) electrons. The molecule has 1 N–H and O–H groups in total. The zero-order valence-electron chi connectivity index (χ0n) is 18.0. The van der Waals surface area contributed by atoms with Crippen molar-refractivity contribution in [2.24, 2.45) is 5.92 Å². The Morgan fingerprint density at radius 1 is 1.07 bits per heavy atom. The molecule has 0 fully saturated rings. The number of phenolic OH excluding ortho intramolecular Hbond substituents is 1. The van der Waals surface area contributed by atoms with E-state index in [1.807, 2.05) is 32.0 Å². The highest BCUT2D eigenvalue weighted by molar-refractivity contribution is 6.00. The number of unbranched alkanes of at least 4 members (excludes halogenated alkanes) is 1. The average molecular weight is 411 g/mol. The van der Waals surface area contributed by atoms with Gasteiger partial charge in [-0.3, -0.25) is 9.59 Å². The minimum absolute atomic E-state index is 0.0107. The highest BCUT2D eigenvalue weighted by Gasteiger charge is 2.19. The predicted molar refractivity (Wildman–Crippen MR) is 116 cm³/mol. The molecule has 0 spiro atoms. The number of aryl methyl sites for hydroxylation is 1. The van der Waals surface area contributed by atoms with Gasteiger partial charge in [-0.1, -0.05) is 13.8 Å². The van der Waals surface area contributed by atoms with E-state index in [-0.39, 0.29) is 23.2 Å². The molecule has 2 aromatic rings. The Kier molecular flexibility index (Phi) is 7.14. The van der Waals surface area contributed by atoms with Crippen LogP contribution in [0.25, 0.3) is 0 Å². The lowest BCUT2D eigenvalue weighted by Crippen LogP contribution is -2.06. The molecule has 30 heavy (non-hydrogen) atoms. The number of fused-ring (bicyclic) bond motifs is 1. The van der Waals surface area contributed by atoms with Crippen molar-refractivity contribution in [3.05, 3.63) is 52.6 Å². The van der Waals surface area contributed by atoms with Gasteiger partial charge < -0.3 is 14.6 Å². The van der Waals surface area contributed by atoms with Crippen LogP contribution in [0.4, 0.5) is 0 Å². The number of hydrogen-bond acceptors (Lipinski definition) is 5. The summed E-state index contributed by atoms with van der Waals surface area (Å²) in [7, 11) is 0. The first-order valence-corrected chi connectivity index (χ1v) is 10.6. The molecule has 0 bridgehead atoms. The Balaban J connectivity index is 1.43. The maximum Gasteiger partial charge on any atom is 0.166 e. The number of ether oxygens (including phenoxy) is 2. The van der Waals surface area contributed by atoms with Crippen molar-refractivity contribution in [3.63, 3.8) is 0 Å². The molecule has 5 nitrogen and oxygen atoms in total. The van der Waals surface area contributed by atoms with Gasteiger partial charge in [0, 0.05) is 24.0 Å². The van der Waals surface area contributed by atoms with Crippen LogP contribution in [-0.4, -0.2) is 29.9 Å². The smallest absolute Gasteiger partial charge is 0.166 e. The number of carbonyl (C=O) groups excluding carboxylic acids is 2. The second kappa shape index (κ2) is 9.79. The Hall–Kier alpha value is -2.82. The Morgan fingerprint density at radius 2 is 1.80 bits per heavy atom. The van der Waals surface area contributed by atoms with Crippen LogP contribution in [0.5, 0.6) is 17.2 Å². The van der Waals surface area contributed by atoms with Gasteiger partial charge >= 0.3 is 0 Å². The fraction of sp³-hybridized carbons (Fsp3) is 0.440. The van der Waals surface area contributed by atoms with Gasteiger partial charge in [-0.05, 0) is 68.0 Å². The van der Waals surface area contributed by atoms with Crippen LogP contribution in [-0.2, 0) is 6.42 Å². The summed E-state index contributed by atoms with van der Waals surface area (Å²) in [6.45, 7) is 6.80. The average Bonchev–Trinajstić information content (AvgIpc) is 3.07. The summed E-state index contributed by atoms with van der Waals surface area (Å²) in [5.74, 6) is 1.81. The third kappa shape index (κ3) is 5.21. The Labute approximate surface area is 178 Å². The molecule has 160 valence electrons. The fourth-order valence-electron chi connectivity index (χ4n) is 3.64. The van der Waals surface area contributed by atoms with Gasteiger partial charge in [-0.15, -0.1) is 0 Å². The second-order valence-corrected chi connectivity index (χ2v) is 8.25. The van der Waals surface area contributed by atoms with Gasteiger partial charge in [0.15, 0.2) is 11.6 Å². The van der Waals surface area contributed by atoms with E-state index in [2.05, 4.69) is 0 Å². The van der Waals surface area contributed by atoms with E-state index in [1.54, 1.807) is 19.1 Å². The van der Waals surface area contributed by atoms with E-state index < -0.39 is 0 Å². The van der Waals surface area contributed by atoms with Crippen LogP contribution in [0.2, 0.25) is 0 Å². The van der Waals surface area contributed by atoms with E-state index in [4.69, 9.17) is 9.47 Å². The van der Waals surface area contributed by atoms with Gasteiger partial charge in [0.25, 0.3) is 0 Å². The summed E-state index contributed by atoms with van der Waals surface area (Å²) >= 11 is 0. The molecule has 1 aliphatic rings.